The van der Waals surface area contributed by atoms with E-state index in [9.17, 15) is 0 Å². The predicted molar refractivity (Wildman–Crippen MR) is 104 cm³/mol. The summed E-state index contributed by atoms with van der Waals surface area (Å²) in [6.07, 6.45) is 3.34. The first-order valence-electron chi connectivity index (χ1n) is 8.85. The predicted octanol–water partition coefficient (Wildman–Crippen LogP) is 3.06. The molecule has 1 aliphatic rings. The van der Waals surface area contributed by atoms with E-state index in [1.165, 1.54) is 0 Å². The number of rotatable bonds is 4. The molecule has 0 spiro atoms. The SMILES string of the molecule is Cc1ccccc1Oc1cc(-c2cnc(N)nc2)nc(N2CCOCC2)c1. The number of hydrogen-bond donors (Lipinski definition) is 1. The summed E-state index contributed by atoms with van der Waals surface area (Å²) in [6, 6.07) is 11.8. The molecule has 4 rings (SSSR count). The Labute approximate surface area is 157 Å². The lowest BCUT2D eigenvalue weighted by molar-refractivity contribution is 0.122. The van der Waals surface area contributed by atoms with Crippen LogP contribution >= 0.6 is 0 Å². The van der Waals surface area contributed by atoms with Crippen molar-refractivity contribution < 1.29 is 9.47 Å². The van der Waals surface area contributed by atoms with Crippen LogP contribution in [0.2, 0.25) is 0 Å². The van der Waals surface area contributed by atoms with Crippen LogP contribution in [-0.4, -0.2) is 41.3 Å². The van der Waals surface area contributed by atoms with Crippen molar-refractivity contribution in [3.05, 3.63) is 54.4 Å². The molecule has 1 saturated heterocycles. The zero-order valence-electron chi connectivity index (χ0n) is 15.1. The second kappa shape index (κ2) is 7.59. The van der Waals surface area contributed by atoms with Gasteiger partial charge >= 0.3 is 0 Å². The first-order chi connectivity index (χ1) is 13.2. The maximum Gasteiger partial charge on any atom is 0.219 e. The minimum atomic E-state index is 0.236. The fourth-order valence-corrected chi connectivity index (χ4v) is 2.92. The quantitative estimate of drug-likeness (QED) is 0.762. The van der Waals surface area contributed by atoms with E-state index in [2.05, 4.69) is 14.9 Å². The Kier molecular flexibility index (Phi) is 4.84. The molecule has 3 heterocycles. The lowest BCUT2D eigenvalue weighted by Crippen LogP contribution is -2.36. The third kappa shape index (κ3) is 3.98. The molecule has 0 atom stereocenters. The largest absolute Gasteiger partial charge is 0.457 e. The van der Waals surface area contributed by atoms with Crippen LogP contribution in [0.4, 0.5) is 11.8 Å². The highest BCUT2D eigenvalue weighted by atomic mass is 16.5. The number of para-hydroxylation sites is 1. The average molecular weight is 363 g/mol. The minimum Gasteiger partial charge on any atom is -0.457 e. The number of morpholine rings is 1. The summed E-state index contributed by atoms with van der Waals surface area (Å²) >= 11 is 0. The third-order valence-electron chi connectivity index (χ3n) is 4.41. The molecule has 0 unspecified atom stereocenters. The fourth-order valence-electron chi connectivity index (χ4n) is 2.92. The number of nitrogens with zero attached hydrogens (tertiary/aromatic N) is 4. The molecule has 1 aromatic carbocycles. The Morgan fingerprint density at radius 3 is 2.56 bits per heavy atom. The summed E-state index contributed by atoms with van der Waals surface area (Å²) in [4.78, 5) is 15.1. The summed E-state index contributed by atoms with van der Waals surface area (Å²) in [6.45, 7) is 4.97. The Bertz CT molecular complexity index is 924. The highest BCUT2D eigenvalue weighted by Crippen LogP contribution is 2.31. The molecule has 0 bridgehead atoms. The molecule has 138 valence electrons. The van der Waals surface area contributed by atoms with Crippen LogP contribution < -0.4 is 15.4 Å². The van der Waals surface area contributed by atoms with Gasteiger partial charge in [-0.3, -0.25) is 0 Å². The first kappa shape index (κ1) is 17.2. The summed E-state index contributed by atoms with van der Waals surface area (Å²) in [5.41, 5.74) is 8.20. The number of aryl methyl sites for hydroxylation is 1. The van der Waals surface area contributed by atoms with Gasteiger partial charge < -0.3 is 20.1 Å². The summed E-state index contributed by atoms with van der Waals surface area (Å²) in [7, 11) is 0. The van der Waals surface area contributed by atoms with E-state index in [1.54, 1.807) is 12.4 Å². The topological polar surface area (TPSA) is 86.4 Å². The number of benzene rings is 1. The normalized spacial score (nSPS) is 14.2. The van der Waals surface area contributed by atoms with Crippen LogP contribution in [0, 0.1) is 6.92 Å². The molecule has 0 radical (unpaired) electrons. The van der Waals surface area contributed by atoms with Crippen molar-refractivity contribution in [1.29, 1.82) is 0 Å². The number of anilines is 2. The van der Waals surface area contributed by atoms with Gasteiger partial charge in [-0.05, 0) is 18.6 Å². The van der Waals surface area contributed by atoms with Gasteiger partial charge in [0.25, 0.3) is 0 Å². The molecule has 27 heavy (non-hydrogen) atoms. The van der Waals surface area contributed by atoms with Crippen LogP contribution in [0.1, 0.15) is 5.56 Å². The summed E-state index contributed by atoms with van der Waals surface area (Å²) in [5, 5.41) is 0. The van der Waals surface area contributed by atoms with Crippen LogP contribution in [0.5, 0.6) is 11.5 Å². The Balaban J connectivity index is 1.73. The molecule has 1 aliphatic heterocycles. The number of ether oxygens (including phenoxy) is 2. The van der Waals surface area contributed by atoms with Crippen molar-refractivity contribution in [1.82, 2.24) is 15.0 Å². The molecule has 0 amide bonds. The lowest BCUT2D eigenvalue weighted by atomic mass is 10.2. The lowest BCUT2D eigenvalue weighted by Gasteiger charge is -2.28. The van der Waals surface area contributed by atoms with E-state index >= 15 is 0 Å². The van der Waals surface area contributed by atoms with E-state index in [1.807, 2.05) is 43.3 Å². The van der Waals surface area contributed by atoms with Crippen molar-refractivity contribution in [2.45, 2.75) is 6.92 Å². The second-order valence-corrected chi connectivity index (χ2v) is 6.34. The summed E-state index contributed by atoms with van der Waals surface area (Å²) < 4.78 is 11.6. The van der Waals surface area contributed by atoms with Gasteiger partial charge in [0.15, 0.2) is 0 Å². The van der Waals surface area contributed by atoms with Gasteiger partial charge in [-0.15, -0.1) is 0 Å². The molecule has 2 aromatic heterocycles. The van der Waals surface area contributed by atoms with Gasteiger partial charge in [0, 0.05) is 43.2 Å². The van der Waals surface area contributed by atoms with Crippen LogP contribution in [0.25, 0.3) is 11.3 Å². The fraction of sp³-hybridized carbons (Fsp3) is 0.250. The Hall–Kier alpha value is -3.19. The van der Waals surface area contributed by atoms with Crippen LogP contribution in [0.15, 0.2) is 48.8 Å². The number of pyridine rings is 1. The molecular weight excluding hydrogens is 342 g/mol. The number of hydrogen-bond acceptors (Lipinski definition) is 7. The first-order valence-corrected chi connectivity index (χ1v) is 8.85. The zero-order chi connectivity index (χ0) is 18.6. The molecule has 2 N–H and O–H groups in total. The van der Waals surface area contributed by atoms with Crippen LogP contribution in [-0.2, 0) is 4.74 Å². The van der Waals surface area contributed by atoms with Crippen LogP contribution in [0.3, 0.4) is 0 Å². The molecule has 3 aromatic rings. The van der Waals surface area contributed by atoms with Gasteiger partial charge in [0.05, 0.1) is 18.9 Å². The molecule has 1 fully saturated rings. The Morgan fingerprint density at radius 1 is 1.07 bits per heavy atom. The average Bonchev–Trinajstić information content (AvgIpc) is 2.71. The van der Waals surface area contributed by atoms with Gasteiger partial charge in [0.1, 0.15) is 17.3 Å². The number of nitrogen functional groups attached to an aromatic ring is 1. The Morgan fingerprint density at radius 2 is 1.81 bits per heavy atom. The highest BCUT2D eigenvalue weighted by Gasteiger charge is 2.16. The molecule has 7 nitrogen and oxygen atoms in total. The van der Waals surface area contributed by atoms with Crippen molar-refractivity contribution in [3.8, 4) is 22.8 Å². The van der Waals surface area contributed by atoms with E-state index < -0.39 is 0 Å². The van der Waals surface area contributed by atoms with Gasteiger partial charge in [0.2, 0.25) is 5.95 Å². The smallest absolute Gasteiger partial charge is 0.219 e. The second-order valence-electron chi connectivity index (χ2n) is 6.34. The van der Waals surface area contributed by atoms with E-state index in [4.69, 9.17) is 20.2 Å². The zero-order valence-corrected chi connectivity index (χ0v) is 15.1. The molecule has 0 aliphatic carbocycles. The number of aromatic nitrogens is 3. The van der Waals surface area contributed by atoms with E-state index in [0.29, 0.717) is 19.0 Å². The van der Waals surface area contributed by atoms with Crippen molar-refractivity contribution >= 4 is 11.8 Å². The van der Waals surface area contributed by atoms with E-state index in [-0.39, 0.29) is 5.95 Å². The highest BCUT2D eigenvalue weighted by molar-refractivity contribution is 5.63. The molecule has 7 heteroatoms. The van der Waals surface area contributed by atoms with Gasteiger partial charge in [-0.25, -0.2) is 15.0 Å². The van der Waals surface area contributed by atoms with Crippen molar-refractivity contribution in [2.24, 2.45) is 0 Å². The van der Waals surface area contributed by atoms with Crippen molar-refractivity contribution in [3.63, 3.8) is 0 Å². The molecular formula is C20H21N5O2. The third-order valence-corrected chi connectivity index (χ3v) is 4.41. The van der Waals surface area contributed by atoms with E-state index in [0.717, 1.165) is 41.5 Å². The summed E-state index contributed by atoms with van der Waals surface area (Å²) in [5.74, 6) is 2.61. The number of nitrogens with two attached hydrogens (primary N) is 1. The van der Waals surface area contributed by atoms with Gasteiger partial charge in [-0.2, -0.15) is 0 Å². The maximum atomic E-state index is 6.16. The minimum absolute atomic E-state index is 0.236. The van der Waals surface area contributed by atoms with Gasteiger partial charge in [-0.1, -0.05) is 18.2 Å². The van der Waals surface area contributed by atoms with Crippen molar-refractivity contribution in [2.75, 3.05) is 36.9 Å². The monoisotopic (exact) mass is 363 g/mol. The molecule has 0 saturated carbocycles. The maximum absolute atomic E-state index is 6.16. The standard InChI is InChI=1S/C20H21N5O2/c1-14-4-2-3-5-18(14)27-16-10-17(15-12-22-20(21)23-13-15)24-19(11-16)25-6-8-26-9-7-25/h2-5,10-13H,6-9H2,1H3,(H2,21,22,23).